The Balaban J connectivity index is 1.48. The molecule has 0 spiro atoms. The first-order valence-electron chi connectivity index (χ1n) is 7.20. The van der Waals surface area contributed by atoms with Crippen LogP contribution in [0.15, 0.2) is 48.0 Å². The maximum atomic E-state index is 12.1. The van der Waals surface area contributed by atoms with E-state index in [1.807, 2.05) is 46.3 Å². The van der Waals surface area contributed by atoms with Crippen molar-refractivity contribution in [2.45, 2.75) is 0 Å². The lowest BCUT2D eigenvalue weighted by Gasteiger charge is -1.95. The van der Waals surface area contributed by atoms with E-state index in [1.54, 1.807) is 6.08 Å². The summed E-state index contributed by atoms with van der Waals surface area (Å²) in [5, 5.41) is 14.2. The Labute approximate surface area is 155 Å². The van der Waals surface area contributed by atoms with Crippen LogP contribution >= 0.6 is 34.3 Å². The Morgan fingerprint density at radius 1 is 1.24 bits per heavy atom. The number of imidazole rings is 1. The highest BCUT2D eigenvalue weighted by Crippen LogP contribution is 2.26. The van der Waals surface area contributed by atoms with Crippen molar-refractivity contribution in [2.75, 3.05) is 5.32 Å². The van der Waals surface area contributed by atoms with Crippen LogP contribution in [0.5, 0.6) is 0 Å². The average molecular weight is 388 g/mol. The maximum Gasteiger partial charge on any atom is 0.250 e. The molecule has 4 aromatic rings. The van der Waals surface area contributed by atoms with E-state index in [-0.39, 0.29) is 5.91 Å². The molecule has 4 rings (SSSR count). The zero-order valence-electron chi connectivity index (χ0n) is 12.6. The van der Waals surface area contributed by atoms with Gasteiger partial charge in [-0.25, -0.2) is 4.98 Å². The molecule has 3 aromatic heterocycles. The number of benzene rings is 1. The van der Waals surface area contributed by atoms with Crippen LogP contribution in [0.1, 0.15) is 5.69 Å². The van der Waals surface area contributed by atoms with Gasteiger partial charge in [-0.05, 0) is 6.08 Å². The monoisotopic (exact) mass is 387 g/mol. The predicted octanol–water partition coefficient (Wildman–Crippen LogP) is 4.22. The Kier molecular flexibility index (Phi) is 4.31. The number of amides is 1. The van der Waals surface area contributed by atoms with Gasteiger partial charge in [-0.1, -0.05) is 53.3 Å². The third-order valence-electron chi connectivity index (χ3n) is 3.32. The molecule has 3 heterocycles. The summed E-state index contributed by atoms with van der Waals surface area (Å²) in [5.41, 5.74) is 1.62. The normalized spacial score (nSPS) is 11.4. The lowest BCUT2D eigenvalue weighted by atomic mass is 10.2. The summed E-state index contributed by atoms with van der Waals surface area (Å²) in [4.78, 5) is 17.1. The molecule has 25 heavy (non-hydrogen) atoms. The quantitative estimate of drug-likeness (QED) is 0.532. The molecule has 0 aliphatic carbocycles. The fourth-order valence-electron chi connectivity index (χ4n) is 2.20. The van der Waals surface area contributed by atoms with Gasteiger partial charge in [-0.2, -0.15) is 0 Å². The highest BCUT2D eigenvalue weighted by molar-refractivity contribution is 7.18. The number of halogens is 1. The van der Waals surface area contributed by atoms with E-state index in [0.717, 1.165) is 15.5 Å². The van der Waals surface area contributed by atoms with E-state index in [1.165, 1.54) is 28.7 Å². The SMILES string of the molecule is O=C(/C=C/c1c(Cl)nc2sccn12)Nc1nnc(-c2ccccc2)s1. The van der Waals surface area contributed by atoms with Gasteiger partial charge >= 0.3 is 0 Å². The van der Waals surface area contributed by atoms with Gasteiger partial charge in [0.2, 0.25) is 11.0 Å². The van der Waals surface area contributed by atoms with Crippen LogP contribution in [0.3, 0.4) is 0 Å². The predicted molar refractivity (Wildman–Crippen MR) is 101 cm³/mol. The van der Waals surface area contributed by atoms with E-state index in [9.17, 15) is 4.79 Å². The van der Waals surface area contributed by atoms with Crippen LogP contribution < -0.4 is 5.32 Å². The Bertz CT molecular complexity index is 1070. The summed E-state index contributed by atoms with van der Waals surface area (Å²) >= 11 is 8.89. The zero-order valence-corrected chi connectivity index (χ0v) is 15.0. The minimum absolute atomic E-state index is 0.308. The molecule has 0 aliphatic heterocycles. The van der Waals surface area contributed by atoms with Crippen LogP contribution in [-0.2, 0) is 4.79 Å². The third kappa shape index (κ3) is 3.32. The van der Waals surface area contributed by atoms with Gasteiger partial charge in [-0.15, -0.1) is 21.5 Å². The molecule has 6 nitrogen and oxygen atoms in total. The molecule has 0 fully saturated rings. The van der Waals surface area contributed by atoms with Crippen molar-refractivity contribution in [3.8, 4) is 10.6 Å². The van der Waals surface area contributed by atoms with Crippen LogP contribution in [-0.4, -0.2) is 25.5 Å². The summed E-state index contributed by atoms with van der Waals surface area (Å²) in [6, 6.07) is 9.68. The standard InChI is InChI=1S/C16H10ClN5OS2/c17-13-11(22-8-9-24-16(22)19-13)6-7-12(23)18-15-21-20-14(25-15)10-4-2-1-3-5-10/h1-9H,(H,18,21,23)/b7-6+. The molecule has 1 aromatic carbocycles. The summed E-state index contributed by atoms with van der Waals surface area (Å²) in [7, 11) is 0. The summed E-state index contributed by atoms with van der Waals surface area (Å²) < 4.78 is 1.83. The zero-order chi connectivity index (χ0) is 17.2. The number of carbonyl (C=O) groups is 1. The third-order valence-corrected chi connectivity index (χ3v) is 5.25. The molecule has 1 N–H and O–H groups in total. The first kappa shape index (κ1) is 15.9. The van der Waals surface area contributed by atoms with E-state index in [4.69, 9.17) is 11.6 Å². The smallest absolute Gasteiger partial charge is 0.250 e. The van der Waals surface area contributed by atoms with Crippen molar-refractivity contribution in [1.82, 2.24) is 19.6 Å². The summed E-state index contributed by atoms with van der Waals surface area (Å²) in [6.45, 7) is 0. The van der Waals surface area contributed by atoms with E-state index < -0.39 is 0 Å². The van der Waals surface area contributed by atoms with Crippen LogP contribution in [0.25, 0.3) is 21.6 Å². The molecular formula is C16H10ClN5OS2. The van der Waals surface area contributed by atoms with Gasteiger partial charge in [-0.3, -0.25) is 14.5 Å². The summed E-state index contributed by atoms with van der Waals surface area (Å²) in [6.07, 6.45) is 4.88. The molecule has 0 aliphatic rings. The Hall–Kier alpha value is -2.55. The number of hydrogen-bond donors (Lipinski definition) is 1. The van der Waals surface area contributed by atoms with Gasteiger partial charge in [0, 0.05) is 23.2 Å². The van der Waals surface area contributed by atoms with Gasteiger partial charge in [0.05, 0.1) is 5.69 Å². The van der Waals surface area contributed by atoms with Crippen molar-refractivity contribution in [2.24, 2.45) is 0 Å². The second-order valence-corrected chi connectivity index (χ2v) is 7.15. The molecule has 9 heteroatoms. The average Bonchev–Trinajstić information content (AvgIpc) is 3.31. The van der Waals surface area contributed by atoms with Crippen LogP contribution in [0.4, 0.5) is 5.13 Å². The van der Waals surface area contributed by atoms with E-state index in [2.05, 4.69) is 20.5 Å². The number of rotatable bonds is 4. The molecular weight excluding hydrogens is 378 g/mol. The van der Waals surface area contributed by atoms with Crippen LogP contribution in [0, 0.1) is 0 Å². The lowest BCUT2D eigenvalue weighted by Crippen LogP contribution is -2.07. The minimum Gasteiger partial charge on any atom is -0.297 e. The highest BCUT2D eigenvalue weighted by atomic mass is 35.5. The maximum absolute atomic E-state index is 12.1. The first-order valence-corrected chi connectivity index (χ1v) is 9.27. The molecule has 0 bridgehead atoms. The fraction of sp³-hybridized carbons (Fsp3) is 0. The molecule has 0 saturated heterocycles. The largest absolute Gasteiger partial charge is 0.297 e. The molecule has 0 radical (unpaired) electrons. The van der Waals surface area contributed by atoms with E-state index >= 15 is 0 Å². The number of thiazole rings is 1. The molecule has 0 unspecified atom stereocenters. The topological polar surface area (TPSA) is 72.2 Å². The van der Waals surface area contributed by atoms with Crippen molar-refractivity contribution >= 4 is 56.4 Å². The van der Waals surface area contributed by atoms with Gasteiger partial charge in [0.1, 0.15) is 5.01 Å². The molecule has 124 valence electrons. The number of nitrogens with one attached hydrogen (secondary N) is 1. The van der Waals surface area contributed by atoms with Crippen molar-refractivity contribution in [3.05, 3.63) is 58.8 Å². The summed E-state index contributed by atoms with van der Waals surface area (Å²) in [5.74, 6) is -0.308. The number of carbonyl (C=O) groups excluding carboxylic acids is 1. The van der Waals surface area contributed by atoms with E-state index in [0.29, 0.717) is 16.0 Å². The van der Waals surface area contributed by atoms with Gasteiger partial charge in [0.15, 0.2) is 10.1 Å². The molecule has 1 amide bonds. The number of hydrogen-bond acceptors (Lipinski definition) is 6. The number of fused-ring (bicyclic) bond motifs is 1. The Morgan fingerprint density at radius 2 is 2.08 bits per heavy atom. The lowest BCUT2D eigenvalue weighted by molar-refractivity contribution is -0.111. The van der Waals surface area contributed by atoms with Crippen molar-refractivity contribution in [3.63, 3.8) is 0 Å². The second-order valence-electron chi connectivity index (χ2n) is 4.94. The molecule has 0 atom stereocenters. The number of aromatic nitrogens is 4. The number of nitrogens with zero attached hydrogens (tertiary/aromatic N) is 4. The Morgan fingerprint density at radius 3 is 2.92 bits per heavy atom. The fourth-order valence-corrected chi connectivity index (χ4v) is 3.96. The van der Waals surface area contributed by atoms with Crippen molar-refractivity contribution in [1.29, 1.82) is 0 Å². The van der Waals surface area contributed by atoms with Crippen LogP contribution in [0.2, 0.25) is 5.15 Å². The first-order chi connectivity index (χ1) is 12.2. The van der Waals surface area contributed by atoms with Crippen molar-refractivity contribution < 1.29 is 4.79 Å². The number of anilines is 1. The van der Waals surface area contributed by atoms with Gasteiger partial charge < -0.3 is 0 Å². The minimum atomic E-state index is -0.308. The van der Waals surface area contributed by atoms with Gasteiger partial charge in [0.25, 0.3) is 0 Å². The molecule has 0 saturated carbocycles. The second kappa shape index (κ2) is 6.75. The highest BCUT2D eigenvalue weighted by Gasteiger charge is 2.10.